The summed E-state index contributed by atoms with van der Waals surface area (Å²) in [6.45, 7) is 1.97. The molecule has 0 spiro atoms. The van der Waals surface area contributed by atoms with Crippen molar-refractivity contribution in [1.29, 1.82) is 0 Å². The first-order valence-electron chi connectivity index (χ1n) is 4.20. The Morgan fingerprint density at radius 1 is 1.43 bits per heavy atom. The van der Waals surface area contributed by atoms with Gasteiger partial charge in [-0.05, 0) is 18.6 Å². The molecule has 0 radical (unpaired) electrons. The van der Waals surface area contributed by atoms with Crippen molar-refractivity contribution in [1.82, 2.24) is 9.97 Å². The van der Waals surface area contributed by atoms with E-state index < -0.39 is 5.91 Å². The Balaban J connectivity index is 2.73. The van der Waals surface area contributed by atoms with Gasteiger partial charge in [-0.15, -0.1) is 0 Å². The van der Waals surface area contributed by atoms with Crippen LogP contribution in [0.2, 0.25) is 0 Å². The quantitative estimate of drug-likeness (QED) is 0.725. The summed E-state index contributed by atoms with van der Waals surface area (Å²) >= 11 is 0. The maximum Gasteiger partial charge on any atom is 0.286 e. The van der Waals surface area contributed by atoms with Gasteiger partial charge in [0.15, 0.2) is 0 Å². The molecule has 1 amide bonds. The second-order valence-electron chi connectivity index (χ2n) is 3.07. The van der Waals surface area contributed by atoms with Crippen LogP contribution in [0, 0.1) is 6.92 Å². The Morgan fingerprint density at radius 2 is 2.21 bits per heavy atom. The van der Waals surface area contributed by atoms with Gasteiger partial charge in [0.2, 0.25) is 5.82 Å². The number of carbonyl (C=O) groups is 1. The molecule has 0 aliphatic rings. The van der Waals surface area contributed by atoms with Gasteiger partial charge in [-0.3, -0.25) is 4.79 Å². The molecule has 2 rings (SSSR count). The first-order valence-corrected chi connectivity index (χ1v) is 4.20. The molecule has 0 fully saturated rings. The molecule has 0 aliphatic heterocycles. The van der Waals surface area contributed by atoms with Gasteiger partial charge in [0, 0.05) is 11.6 Å². The number of benzene rings is 1. The van der Waals surface area contributed by atoms with Crippen molar-refractivity contribution >= 4 is 16.8 Å². The number of hydrogen-bond donors (Lipinski definition) is 1. The monoisotopic (exact) mass is 187 g/mol. The topological polar surface area (TPSA) is 68.9 Å². The van der Waals surface area contributed by atoms with E-state index in [2.05, 4.69) is 9.97 Å². The van der Waals surface area contributed by atoms with Gasteiger partial charge in [-0.1, -0.05) is 12.1 Å². The molecular weight excluding hydrogens is 178 g/mol. The number of hydrogen-bond acceptors (Lipinski definition) is 3. The number of nitrogens with two attached hydrogens (primary N) is 1. The van der Waals surface area contributed by atoms with Crippen molar-refractivity contribution in [2.75, 3.05) is 0 Å². The minimum atomic E-state index is -0.603. The molecule has 0 aliphatic carbocycles. The van der Waals surface area contributed by atoms with Crippen LogP contribution in [-0.2, 0) is 0 Å². The first-order chi connectivity index (χ1) is 6.68. The van der Waals surface area contributed by atoms with E-state index in [1.165, 1.54) is 0 Å². The number of fused-ring (bicyclic) bond motifs is 1. The number of nitrogens with zero attached hydrogens (tertiary/aromatic N) is 2. The fraction of sp³-hybridized carbons (Fsp3) is 0.100. The maximum atomic E-state index is 10.8. The summed E-state index contributed by atoms with van der Waals surface area (Å²) in [6, 6.07) is 5.68. The SMILES string of the molecule is Cc1cccc2nc(C(N)=O)ncc12. The van der Waals surface area contributed by atoms with E-state index in [9.17, 15) is 4.79 Å². The Bertz CT molecular complexity index is 508. The number of primary amides is 1. The predicted octanol–water partition coefficient (Wildman–Crippen LogP) is 1.04. The second kappa shape index (κ2) is 3.06. The van der Waals surface area contributed by atoms with Gasteiger partial charge >= 0.3 is 0 Å². The van der Waals surface area contributed by atoms with Crippen LogP contribution in [0.15, 0.2) is 24.4 Å². The molecular formula is C10H9N3O. The molecule has 0 saturated heterocycles. The van der Waals surface area contributed by atoms with Gasteiger partial charge in [-0.25, -0.2) is 9.97 Å². The summed E-state index contributed by atoms with van der Waals surface area (Å²) in [4.78, 5) is 18.8. The van der Waals surface area contributed by atoms with Crippen molar-refractivity contribution in [3.05, 3.63) is 35.8 Å². The van der Waals surface area contributed by atoms with Crippen LogP contribution in [0.25, 0.3) is 10.9 Å². The minimum Gasteiger partial charge on any atom is -0.363 e. The molecule has 0 saturated carbocycles. The van der Waals surface area contributed by atoms with E-state index in [4.69, 9.17) is 5.73 Å². The van der Waals surface area contributed by atoms with Gasteiger partial charge in [0.25, 0.3) is 5.91 Å². The van der Waals surface area contributed by atoms with Gasteiger partial charge in [-0.2, -0.15) is 0 Å². The van der Waals surface area contributed by atoms with Crippen LogP contribution in [-0.4, -0.2) is 15.9 Å². The Hall–Kier alpha value is -1.97. The molecule has 4 nitrogen and oxygen atoms in total. The summed E-state index contributed by atoms with van der Waals surface area (Å²) in [5.74, 6) is -0.545. The minimum absolute atomic E-state index is 0.0584. The highest BCUT2D eigenvalue weighted by molar-refractivity contribution is 5.91. The zero-order chi connectivity index (χ0) is 10.1. The first kappa shape index (κ1) is 8.62. The lowest BCUT2D eigenvalue weighted by Crippen LogP contribution is -2.15. The molecule has 1 aromatic heterocycles. The lowest BCUT2D eigenvalue weighted by molar-refractivity contribution is 0.0991. The van der Waals surface area contributed by atoms with Crippen molar-refractivity contribution in [3.8, 4) is 0 Å². The third-order valence-corrected chi connectivity index (χ3v) is 2.06. The van der Waals surface area contributed by atoms with Crippen molar-refractivity contribution in [2.45, 2.75) is 6.92 Å². The molecule has 1 aromatic carbocycles. The molecule has 1 heterocycles. The van der Waals surface area contributed by atoms with Gasteiger partial charge in [0.1, 0.15) is 0 Å². The lowest BCUT2D eigenvalue weighted by atomic mass is 10.1. The number of carbonyl (C=O) groups excluding carboxylic acids is 1. The van der Waals surface area contributed by atoms with Gasteiger partial charge < -0.3 is 5.73 Å². The molecule has 14 heavy (non-hydrogen) atoms. The Labute approximate surface area is 80.8 Å². The van der Waals surface area contributed by atoms with Crippen LogP contribution < -0.4 is 5.73 Å². The van der Waals surface area contributed by atoms with Crippen molar-refractivity contribution in [3.63, 3.8) is 0 Å². The highest BCUT2D eigenvalue weighted by Crippen LogP contribution is 2.14. The molecule has 2 N–H and O–H groups in total. The van der Waals surface area contributed by atoms with Crippen molar-refractivity contribution in [2.24, 2.45) is 5.73 Å². The van der Waals surface area contributed by atoms with E-state index in [1.54, 1.807) is 6.20 Å². The van der Waals surface area contributed by atoms with Crippen LogP contribution in [0.5, 0.6) is 0 Å². The highest BCUT2D eigenvalue weighted by Gasteiger charge is 2.05. The van der Waals surface area contributed by atoms with Crippen LogP contribution in [0.4, 0.5) is 0 Å². The molecule has 4 heteroatoms. The molecule has 70 valence electrons. The number of aryl methyl sites for hydroxylation is 1. The molecule has 0 unspecified atom stereocenters. The molecule has 0 bridgehead atoms. The van der Waals surface area contributed by atoms with E-state index in [0.29, 0.717) is 0 Å². The third kappa shape index (κ3) is 1.31. The summed E-state index contributed by atoms with van der Waals surface area (Å²) in [7, 11) is 0. The van der Waals surface area contributed by atoms with Crippen molar-refractivity contribution < 1.29 is 4.79 Å². The summed E-state index contributed by atoms with van der Waals surface area (Å²) in [6.07, 6.45) is 1.62. The average molecular weight is 187 g/mol. The molecule has 0 atom stereocenters. The summed E-state index contributed by atoms with van der Waals surface area (Å²) in [5.41, 5.74) is 6.91. The van der Waals surface area contributed by atoms with Crippen LogP contribution >= 0.6 is 0 Å². The number of amides is 1. The van der Waals surface area contributed by atoms with E-state index >= 15 is 0 Å². The number of aromatic nitrogens is 2. The van der Waals surface area contributed by atoms with E-state index in [-0.39, 0.29) is 5.82 Å². The van der Waals surface area contributed by atoms with Gasteiger partial charge in [0.05, 0.1) is 5.52 Å². The fourth-order valence-corrected chi connectivity index (χ4v) is 1.32. The second-order valence-corrected chi connectivity index (χ2v) is 3.07. The Kier molecular flexibility index (Phi) is 1.89. The number of rotatable bonds is 1. The third-order valence-electron chi connectivity index (χ3n) is 2.06. The summed E-state index contributed by atoms with van der Waals surface area (Å²) in [5, 5.41) is 0.942. The smallest absolute Gasteiger partial charge is 0.286 e. The zero-order valence-electron chi connectivity index (χ0n) is 7.69. The highest BCUT2D eigenvalue weighted by atomic mass is 16.1. The lowest BCUT2D eigenvalue weighted by Gasteiger charge is -2.00. The average Bonchev–Trinajstić information content (AvgIpc) is 2.17. The maximum absolute atomic E-state index is 10.8. The molecule has 2 aromatic rings. The van der Waals surface area contributed by atoms with Crippen LogP contribution in [0.1, 0.15) is 16.2 Å². The van der Waals surface area contributed by atoms with E-state index in [0.717, 1.165) is 16.5 Å². The standard InChI is InChI=1S/C10H9N3O/c1-6-3-2-4-8-7(6)5-12-10(13-8)9(11)14/h2-5H,1H3,(H2,11,14). The fourth-order valence-electron chi connectivity index (χ4n) is 1.32. The Morgan fingerprint density at radius 3 is 2.93 bits per heavy atom. The zero-order valence-corrected chi connectivity index (χ0v) is 7.69. The summed E-state index contributed by atoms with van der Waals surface area (Å²) < 4.78 is 0. The van der Waals surface area contributed by atoms with Crippen LogP contribution in [0.3, 0.4) is 0 Å². The van der Waals surface area contributed by atoms with E-state index in [1.807, 2.05) is 25.1 Å². The predicted molar refractivity (Wildman–Crippen MR) is 52.8 cm³/mol. The largest absolute Gasteiger partial charge is 0.363 e. The normalized spacial score (nSPS) is 10.4.